The average molecular weight is 432 g/mol. The summed E-state index contributed by atoms with van der Waals surface area (Å²) >= 11 is 0. The maximum absolute atomic E-state index is 10.7. The van der Waals surface area contributed by atoms with Gasteiger partial charge in [-0.3, -0.25) is 4.79 Å². The Labute approximate surface area is 189 Å². The van der Waals surface area contributed by atoms with E-state index in [1.165, 1.54) is 13.0 Å². The highest BCUT2D eigenvalue weighted by Gasteiger charge is 2.08. The predicted molar refractivity (Wildman–Crippen MR) is 135 cm³/mol. The SMILES string of the molecule is CC(C)CCN(CCCN)C(C)C.CC(C)NCCCN.CCCC(=O)NC(C)C. The molecule has 0 spiro atoms. The molecule has 0 saturated carbocycles. The van der Waals surface area contributed by atoms with E-state index < -0.39 is 0 Å². The van der Waals surface area contributed by atoms with Crippen LogP contribution in [0.2, 0.25) is 0 Å². The summed E-state index contributed by atoms with van der Waals surface area (Å²) in [6.45, 7) is 24.3. The van der Waals surface area contributed by atoms with E-state index in [0.717, 1.165) is 51.4 Å². The minimum atomic E-state index is 0.160. The minimum absolute atomic E-state index is 0.160. The molecule has 0 radical (unpaired) electrons. The largest absolute Gasteiger partial charge is 0.354 e. The summed E-state index contributed by atoms with van der Waals surface area (Å²) in [5, 5.41) is 6.07. The van der Waals surface area contributed by atoms with Crippen molar-refractivity contribution in [1.82, 2.24) is 15.5 Å². The van der Waals surface area contributed by atoms with Crippen LogP contribution >= 0.6 is 0 Å². The van der Waals surface area contributed by atoms with Crippen LogP contribution in [-0.4, -0.2) is 61.7 Å². The summed E-state index contributed by atoms with van der Waals surface area (Å²) in [7, 11) is 0. The van der Waals surface area contributed by atoms with Gasteiger partial charge in [-0.1, -0.05) is 34.6 Å². The molecule has 0 unspecified atom stereocenters. The molecule has 0 bridgehead atoms. The van der Waals surface area contributed by atoms with E-state index in [1.807, 2.05) is 20.8 Å². The number of amides is 1. The van der Waals surface area contributed by atoms with Crippen LogP contribution in [0.3, 0.4) is 0 Å². The first-order valence-corrected chi connectivity index (χ1v) is 12.2. The highest BCUT2D eigenvalue weighted by atomic mass is 16.1. The molecule has 1 amide bonds. The van der Waals surface area contributed by atoms with Gasteiger partial charge in [0.1, 0.15) is 0 Å². The number of carbonyl (C=O) groups is 1. The number of hydrogen-bond acceptors (Lipinski definition) is 5. The molecule has 0 atom stereocenters. The molecule has 0 aliphatic rings. The van der Waals surface area contributed by atoms with Gasteiger partial charge in [-0.15, -0.1) is 0 Å². The molecule has 0 aromatic heterocycles. The van der Waals surface area contributed by atoms with Crippen LogP contribution in [0.1, 0.15) is 94.4 Å². The standard InChI is InChI=1S/C11H26N2.C7H15NO.C6H16N2/c1-10(2)6-9-13(11(3)4)8-5-7-12;1-4-5-7(9)8-6(2)3;1-6(2)8-5-3-4-7/h10-11H,5-9,12H2,1-4H3;6H,4-5H2,1-3H3,(H,8,9);6,8H,3-5,7H2,1-2H3. The molecule has 0 aliphatic heterocycles. The van der Waals surface area contributed by atoms with Gasteiger partial charge < -0.3 is 27.0 Å². The van der Waals surface area contributed by atoms with Gasteiger partial charge in [0.15, 0.2) is 0 Å². The van der Waals surface area contributed by atoms with Gasteiger partial charge in [0.05, 0.1) is 0 Å². The zero-order valence-electron chi connectivity index (χ0n) is 21.9. The zero-order chi connectivity index (χ0) is 23.9. The Morgan fingerprint density at radius 3 is 1.80 bits per heavy atom. The number of rotatable bonds is 14. The van der Waals surface area contributed by atoms with E-state index >= 15 is 0 Å². The first-order chi connectivity index (χ1) is 14.0. The van der Waals surface area contributed by atoms with Gasteiger partial charge in [0.25, 0.3) is 0 Å². The first-order valence-electron chi connectivity index (χ1n) is 12.2. The second-order valence-electron chi connectivity index (χ2n) is 9.18. The van der Waals surface area contributed by atoms with Crippen molar-refractivity contribution < 1.29 is 4.79 Å². The van der Waals surface area contributed by atoms with Gasteiger partial charge in [-0.25, -0.2) is 0 Å². The van der Waals surface area contributed by atoms with E-state index in [0.29, 0.717) is 18.5 Å². The summed E-state index contributed by atoms with van der Waals surface area (Å²) in [6.07, 6.45) is 5.08. The fourth-order valence-electron chi connectivity index (χ4n) is 2.46. The quantitative estimate of drug-likeness (QED) is 0.314. The Balaban J connectivity index is -0.000000379. The van der Waals surface area contributed by atoms with Crippen molar-refractivity contribution >= 4 is 5.91 Å². The molecule has 0 heterocycles. The topological polar surface area (TPSA) is 96.4 Å². The van der Waals surface area contributed by atoms with E-state index in [1.54, 1.807) is 0 Å². The molecule has 6 heteroatoms. The molecular formula is C24H57N5O. The summed E-state index contributed by atoms with van der Waals surface area (Å²) < 4.78 is 0. The molecule has 0 aromatic carbocycles. The lowest BCUT2D eigenvalue weighted by molar-refractivity contribution is -0.121. The highest BCUT2D eigenvalue weighted by Crippen LogP contribution is 2.06. The number of hydrogen-bond donors (Lipinski definition) is 4. The summed E-state index contributed by atoms with van der Waals surface area (Å²) in [6, 6.07) is 1.54. The molecular weight excluding hydrogens is 374 g/mol. The maximum atomic E-state index is 10.7. The number of carbonyl (C=O) groups excluding carboxylic acids is 1. The lowest BCUT2D eigenvalue weighted by atomic mass is 10.1. The van der Waals surface area contributed by atoms with Crippen LogP contribution in [-0.2, 0) is 4.79 Å². The smallest absolute Gasteiger partial charge is 0.220 e. The fourth-order valence-corrected chi connectivity index (χ4v) is 2.46. The van der Waals surface area contributed by atoms with E-state index in [2.05, 4.69) is 57.1 Å². The molecule has 0 aliphatic carbocycles. The van der Waals surface area contributed by atoms with Gasteiger partial charge in [0, 0.05) is 24.5 Å². The van der Waals surface area contributed by atoms with Gasteiger partial charge in [0.2, 0.25) is 5.91 Å². The maximum Gasteiger partial charge on any atom is 0.220 e. The van der Waals surface area contributed by atoms with E-state index in [-0.39, 0.29) is 11.9 Å². The Morgan fingerprint density at radius 1 is 0.867 bits per heavy atom. The van der Waals surface area contributed by atoms with Crippen molar-refractivity contribution in [3.05, 3.63) is 0 Å². The molecule has 184 valence electrons. The lowest BCUT2D eigenvalue weighted by Crippen LogP contribution is -2.34. The Kier molecular flexibility index (Phi) is 27.8. The summed E-state index contributed by atoms with van der Waals surface area (Å²) in [4.78, 5) is 13.3. The van der Waals surface area contributed by atoms with Crippen molar-refractivity contribution in [2.75, 3.05) is 32.7 Å². The molecule has 0 rings (SSSR count). The monoisotopic (exact) mass is 431 g/mol. The van der Waals surface area contributed by atoms with Crippen LogP contribution in [0, 0.1) is 5.92 Å². The van der Waals surface area contributed by atoms with Crippen LogP contribution in [0.15, 0.2) is 0 Å². The molecule has 30 heavy (non-hydrogen) atoms. The number of nitrogens with one attached hydrogen (secondary N) is 2. The molecule has 6 N–H and O–H groups in total. The third-order valence-electron chi connectivity index (χ3n) is 4.23. The van der Waals surface area contributed by atoms with Crippen molar-refractivity contribution in [3.63, 3.8) is 0 Å². The first kappa shape index (κ1) is 33.9. The van der Waals surface area contributed by atoms with E-state index in [9.17, 15) is 4.79 Å². The predicted octanol–water partition coefficient (Wildman–Crippen LogP) is 3.74. The Hall–Kier alpha value is -0.690. The molecule has 6 nitrogen and oxygen atoms in total. The second-order valence-corrected chi connectivity index (χ2v) is 9.18. The third kappa shape index (κ3) is 32.0. The van der Waals surface area contributed by atoms with Crippen LogP contribution in [0.25, 0.3) is 0 Å². The van der Waals surface area contributed by atoms with Crippen molar-refractivity contribution in [1.29, 1.82) is 0 Å². The number of nitrogens with two attached hydrogens (primary N) is 2. The highest BCUT2D eigenvalue weighted by molar-refractivity contribution is 5.75. The molecule has 0 saturated heterocycles. The summed E-state index contributed by atoms with van der Waals surface area (Å²) in [5.41, 5.74) is 10.8. The van der Waals surface area contributed by atoms with E-state index in [4.69, 9.17) is 11.5 Å². The van der Waals surface area contributed by atoms with Gasteiger partial charge in [-0.05, 0) is 92.0 Å². The average Bonchev–Trinajstić information content (AvgIpc) is 2.62. The van der Waals surface area contributed by atoms with Gasteiger partial charge >= 0.3 is 0 Å². The van der Waals surface area contributed by atoms with Crippen molar-refractivity contribution in [2.45, 2.75) is 113 Å². The Morgan fingerprint density at radius 2 is 1.43 bits per heavy atom. The Bertz CT molecular complexity index is 346. The summed E-state index contributed by atoms with van der Waals surface area (Å²) in [5.74, 6) is 0.964. The van der Waals surface area contributed by atoms with Crippen molar-refractivity contribution in [3.8, 4) is 0 Å². The number of nitrogens with zero attached hydrogens (tertiary/aromatic N) is 1. The lowest BCUT2D eigenvalue weighted by Gasteiger charge is -2.26. The fraction of sp³-hybridized carbons (Fsp3) is 0.958. The molecule has 0 aromatic rings. The minimum Gasteiger partial charge on any atom is -0.354 e. The van der Waals surface area contributed by atoms with Crippen LogP contribution < -0.4 is 22.1 Å². The third-order valence-corrected chi connectivity index (χ3v) is 4.23. The normalized spacial score (nSPS) is 10.9. The van der Waals surface area contributed by atoms with Crippen LogP contribution in [0.5, 0.6) is 0 Å². The zero-order valence-corrected chi connectivity index (χ0v) is 21.9. The second kappa shape index (κ2) is 24.6. The molecule has 0 fully saturated rings. The van der Waals surface area contributed by atoms with Crippen molar-refractivity contribution in [2.24, 2.45) is 17.4 Å². The van der Waals surface area contributed by atoms with Gasteiger partial charge in [-0.2, -0.15) is 0 Å². The van der Waals surface area contributed by atoms with Crippen LogP contribution in [0.4, 0.5) is 0 Å².